The van der Waals surface area contributed by atoms with E-state index >= 15 is 4.39 Å². The number of hydrogen-bond acceptors (Lipinski definition) is 13. The Morgan fingerprint density at radius 1 is 1.08 bits per heavy atom. The standard InChI is InChI=1S/C22H40F2N6O8/c23-6-13-16(32)15(29)17(33)22(36-13)38-19-11(30-20(34)12(31)3-4-25)5-10(28)18(14(19)24)37-21-9(27)2-1-8(7-26)35-21/h1-2,8-19,21-22,31-33H,3-7,25-29H2,(H,30,34)/t8?,9?,10-,11+,12-,13?,14?,15-,16+,17?,18?,19-,21+,22+/m0/s1. The summed E-state index contributed by atoms with van der Waals surface area (Å²) in [5.74, 6) is -0.847. The van der Waals surface area contributed by atoms with E-state index in [4.69, 9.17) is 47.6 Å². The fraction of sp³-hybridized carbons (Fsp3) is 0.864. The van der Waals surface area contributed by atoms with Gasteiger partial charge in [-0.1, -0.05) is 12.2 Å². The number of rotatable bonds is 10. The summed E-state index contributed by atoms with van der Waals surface area (Å²) in [6, 6.07) is -4.26. The zero-order chi connectivity index (χ0) is 28.1. The number of aliphatic hydroxyl groups is 3. The Kier molecular flexibility index (Phi) is 11.3. The van der Waals surface area contributed by atoms with Gasteiger partial charge in [0.25, 0.3) is 0 Å². The van der Waals surface area contributed by atoms with Gasteiger partial charge in [-0.2, -0.15) is 0 Å². The highest BCUT2D eigenvalue weighted by atomic mass is 19.1. The second-order valence-electron chi connectivity index (χ2n) is 9.75. The first-order chi connectivity index (χ1) is 18.0. The molecule has 2 heterocycles. The molecule has 14 N–H and O–H groups in total. The third kappa shape index (κ3) is 7.01. The van der Waals surface area contributed by atoms with E-state index in [-0.39, 0.29) is 25.9 Å². The van der Waals surface area contributed by atoms with Gasteiger partial charge in [0.1, 0.15) is 43.3 Å². The Labute approximate surface area is 218 Å². The van der Waals surface area contributed by atoms with E-state index in [1.54, 1.807) is 12.2 Å². The number of carbonyl (C=O) groups excluding carboxylic acids is 1. The lowest BCUT2D eigenvalue weighted by atomic mass is 9.84. The van der Waals surface area contributed by atoms with Crippen LogP contribution in [0.3, 0.4) is 0 Å². The summed E-state index contributed by atoms with van der Waals surface area (Å²) in [5.41, 5.74) is 29.1. The van der Waals surface area contributed by atoms with Crippen LogP contribution in [0.4, 0.5) is 8.78 Å². The molecule has 220 valence electrons. The van der Waals surface area contributed by atoms with Crippen molar-refractivity contribution >= 4 is 5.91 Å². The smallest absolute Gasteiger partial charge is 0.249 e. The van der Waals surface area contributed by atoms with Crippen LogP contribution < -0.4 is 34.0 Å². The van der Waals surface area contributed by atoms with Gasteiger partial charge in [0.2, 0.25) is 5.91 Å². The van der Waals surface area contributed by atoms with Gasteiger partial charge < -0.3 is 68.3 Å². The fourth-order valence-corrected chi connectivity index (χ4v) is 4.68. The zero-order valence-corrected chi connectivity index (χ0v) is 20.8. The van der Waals surface area contributed by atoms with Crippen molar-refractivity contribution in [3.8, 4) is 0 Å². The van der Waals surface area contributed by atoms with Crippen LogP contribution in [0.25, 0.3) is 0 Å². The number of halogens is 2. The summed E-state index contributed by atoms with van der Waals surface area (Å²) in [7, 11) is 0. The van der Waals surface area contributed by atoms with Crippen molar-refractivity contribution in [3.63, 3.8) is 0 Å². The third-order valence-corrected chi connectivity index (χ3v) is 6.94. The van der Waals surface area contributed by atoms with E-state index in [1.807, 2.05) is 0 Å². The molecule has 14 atom stereocenters. The predicted octanol–water partition coefficient (Wildman–Crippen LogP) is -4.67. The molecule has 0 bridgehead atoms. The van der Waals surface area contributed by atoms with Gasteiger partial charge in [-0.25, -0.2) is 8.78 Å². The van der Waals surface area contributed by atoms with Gasteiger partial charge in [0.15, 0.2) is 18.8 Å². The highest BCUT2D eigenvalue weighted by Crippen LogP contribution is 2.32. The van der Waals surface area contributed by atoms with Crippen LogP contribution in [0.15, 0.2) is 12.2 Å². The number of hydrogen-bond donors (Lipinski definition) is 9. The molecule has 0 aromatic heterocycles. The minimum Gasteiger partial charge on any atom is -0.389 e. The fourth-order valence-electron chi connectivity index (χ4n) is 4.68. The maximum Gasteiger partial charge on any atom is 0.249 e. The van der Waals surface area contributed by atoms with E-state index in [2.05, 4.69) is 5.32 Å². The summed E-state index contributed by atoms with van der Waals surface area (Å²) in [5, 5.41) is 33.1. The molecular weight excluding hydrogens is 514 g/mol. The van der Waals surface area contributed by atoms with Crippen molar-refractivity contribution in [2.45, 2.75) is 98.5 Å². The molecule has 38 heavy (non-hydrogen) atoms. The quantitative estimate of drug-likeness (QED) is 0.115. The maximum atomic E-state index is 16.1. The van der Waals surface area contributed by atoms with Crippen LogP contribution >= 0.6 is 0 Å². The largest absolute Gasteiger partial charge is 0.389 e. The molecular formula is C22H40F2N6O8. The van der Waals surface area contributed by atoms with Crippen molar-refractivity contribution in [2.24, 2.45) is 28.7 Å². The lowest BCUT2D eigenvalue weighted by molar-refractivity contribution is -0.305. The van der Waals surface area contributed by atoms with Crippen LogP contribution in [-0.4, -0.2) is 127 Å². The maximum absolute atomic E-state index is 16.1. The van der Waals surface area contributed by atoms with Gasteiger partial charge in [0.05, 0.1) is 24.2 Å². The Hall–Kier alpha value is -1.41. The molecule has 6 unspecified atom stereocenters. The van der Waals surface area contributed by atoms with Crippen molar-refractivity contribution in [1.29, 1.82) is 0 Å². The van der Waals surface area contributed by atoms with Crippen LogP contribution in [-0.2, 0) is 23.7 Å². The Balaban J connectivity index is 1.83. The molecule has 3 rings (SSSR count). The molecule has 3 aliphatic rings. The number of nitrogens with two attached hydrogens (primary N) is 5. The number of amides is 1. The highest BCUT2D eigenvalue weighted by molar-refractivity contribution is 5.80. The lowest BCUT2D eigenvalue weighted by Crippen LogP contribution is -2.68. The first kappa shape index (κ1) is 31.1. The normalized spacial score (nSPS) is 44.5. The zero-order valence-electron chi connectivity index (χ0n) is 20.8. The molecule has 0 spiro atoms. The SMILES string of the molecule is NCC[C@H](O)C(=O)N[C@@H]1C[C@H](N)C(O[C@H]2OC(CN)C=CC2N)C(F)[C@H]1O[C@H]1OC(CF)[C@@H](O)[C@H](N)C1O. The Bertz CT molecular complexity index is 803. The highest BCUT2D eigenvalue weighted by Gasteiger charge is 2.51. The molecule has 2 fully saturated rings. The molecule has 1 amide bonds. The van der Waals surface area contributed by atoms with Gasteiger partial charge >= 0.3 is 0 Å². The van der Waals surface area contributed by atoms with Crippen LogP contribution in [0, 0.1) is 0 Å². The van der Waals surface area contributed by atoms with Gasteiger partial charge in [-0.3, -0.25) is 4.79 Å². The van der Waals surface area contributed by atoms with Crippen LogP contribution in [0.2, 0.25) is 0 Å². The molecule has 2 aliphatic heterocycles. The predicted molar refractivity (Wildman–Crippen MR) is 128 cm³/mol. The minimum absolute atomic E-state index is 0.0210. The second-order valence-corrected chi connectivity index (χ2v) is 9.75. The van der Waals surface area contributed by atoms with Gasteiger partial charge in [0, 0.05) is 12.6 Å². The molecule has 0 radical (unpaired) electrons. The van der Waals surface area contributed by atoms with E-state index in [0.29, 0.717) is 0 Å². The average Bonchev–Trinajstić information content (AvgIpc) is 2.89. The van der Waals surface area contributed by atoms with Crippen molar-refractivity contribution in [1.82, 2.24) is 5.32 Å². The van der Waals surface area contributed by atoms with Crippen molar-refractivity contribution in [2.75, 3.05) is 19.8 Å². The third-order valence-electron chi connectivity index (χ3n) is 6.94. The van der Waals surface area contributed by atoms with Crippen molar-refractivity contribution in [3.05, 3.63) is 12.2 Å². The first-order valence-electron chi connectivity index (χ1n) is 12.5. The average molecular weight is 555 g/mol. The van der Waals surface area contributed by atoms with Crippen LogP contribution in [0.5, 0.6) is 0 Å². The number of alkyl halides is 2. The molecule has 0 aromatic rings. The Morgan fingerprint density at radius 3 is 2.39 bits per heavy atom. The van der Waals surface area contributed by atoms with Crippen molar-refractivity contribution < 1.29 is 47.8 Å². The molecule has 1 saturated heterocycles. The van der Waals surface area contributed by atoms with E-state index in [9.17, 15) is 24.5 Å². The summed E-state index contributed by atoms with van der Waals surface area (Å²) < 4.78 is 52.1. The summed E-state index contributed by atoms with van der Waals surface area (Å²) in [6.45, 7) is -1.00. The summed E-state index contributed by atoms with van der Waals surface area (Å²) in [6.07, 6.45) is -11.3. The topological polar surface area (TPSA) is 257 Å². The number of aliphatic hydroxyl groups excluding tert-OH is 3. The minimum atomic E-state index is -2.06. The molecule has 1 saturated carbocycles. The number of nitrogens with one attached hydrogen (secondary N) is 1. The van der Waals surface area contributed by atoms with Crippen LogP contribution in [0.1, 0.15) is 12.8 Å². The monoisotopic (exact) mass is 554 g/mol. The summed E-state index contributed by atoms with van der Waals surface area (Å²) >= 11 is 0. The number of carbonyl (C=O) groups is 1. The van der Waals surface area contributed by atoms with E-state index in [0.717, 1.165) is 0 Å². The van der Waals surface area contributed by atoms with Gasteiger partial charge in [-0.15, -0.1) is 0 Å². The molecule has 0 aromatic carbocycles. The van der Waals surface area contributed by atoms with E-state index < -0.39 is 98.2 Å². The molecule has 1 aliphatic carbocycles. The molecule has 14 nitrogen and oxygen atoms in total. The van der Waals surface area contributed by atoms with E-state index in [1.165, 1.54) is 0 Å². The lowest BCUT2D eigenvalue weighted by Gasteiger charge is -2.47. The summed E-state index contributed by atoms with van der Waals surface area (Å²) in [4.78, 5) is 12.5. The number of ether oxygens (including phenoxy) is 4. The molecule has 16 heteroatoms. The first-order valence-corrected chi connectivity index (χ1v) is 12.5. The second kappa shape index (κ2) is 13.8. The van der Waals surface area contributed by atoms with Gasteiger partial charge in [-0.05, 0) is 19.4 Å². The Morgan fingerprint density at radius 2 is 1.76 bits per heavy atom.